The molecule has 8 atom stereocenters. The Morgan fingerprint density at radius 3 is 2.49 bits per heavy atom. The zero-order valence-electron chi connectivity index (χ0n) is 32.6. The number of hydrogen-bond acceptors (Lipinski definition) is 11. The Balaban J connectivity index is 1.24. The van der Waals surface area contributed by atoms with Crippen molar-refractivity contribution in [2.75, 3.05) is 13.7 Å². The van der Waals surface area contributed by atoms with Crippen LogP contribution in [0.2, 0.25) is 0 Å². The Kier molecular flexibility index (Phi) is 10.4. The summed E-state index contributed by atoms with van der Waals surface area (Å²) in [4.78, 5) is 67.5. The quantitative estimate of drug-likeness (QED) is 0.370. The van der Waals surface area contributed by atoms with Crippen LogP contribution >= 0.6 is 0 Å². The number of fused-ring (bicyclic) bond motifs is 5. The number of hydrogen-bond donors (Lipinski definition) is 3. The molecule has 2 aromatic rings. The Labute approximate surface area is 322 Å². The van der Waals surface area contributed by atoms with E-state index in [1.807, 2.05) is 39.8 Å². The van der Waals surface area contributed by atoms with E-state index in [-0.39, 0.29) is 30.9 Å². The predicted molar refractivity (Wildman–Crippen MR) is 201 cm³/mol. The summed E-state index contributed by atoms with van der Waals surface area (Å²) in [6, 6.07) is 3.23. The summed E-state index contributed by atoms with van der Waals surface area (Å²) in [5.74, 6) is -1.64. The predicted octanol–water partition coefficient (Wildman–Crippen LogP) is 3.77. The Hall–Kier alpha value is -4.21. The number of nitrogens with one attached hydrogen (secondary N) is 3. The molecule has 7 rings (SSSR count). The molecule has 3 saturated carbocycles. The number of benzene rings is 1. The maximum absolute atomic E-state index is 14.8. The second-order valence-electron chi connectivity index (χ2n) is 17.2. The Morgan fingerprint density at radius 2 is 1.82 bits per heavy atom. The maximum atomic E-state index is 14.8. The van der Waals surface area contributed by atoms with Crippen LogP contribution in [-0.4, -0.2) is 95.8 Å². The van der Waals surface area contributed by atoms with Crippen molar-refractivity contribution >= 4 is 44.9 Å². The molecule has 55 heavy (non-hydrogen) atoms. The third-order valence-electron chi connectivity index (χ3n) is 12.0. The number of aryl methyl sites for hydroxylation is 1. The molecule has 300 valence electrons. The first-order chi connectivity index (χ1) is 26.0. The van der Waals surface area contributed by atoms with Gasteiger partial charge in [-0.2, -0.15) is 0 Å². The molecule has 0 radical (unpaired) electrons. The SMILES string of the molecule is CCC1CC1(NC(=O)C1C(C)C2CN1C(=O)C(C(C)(C)C)NC(=O)OC1CC1CCCCCc1nc3ccc(OC)cc3nc1O2)C(=O)NS(=O)(=O)C1CC1. The van der Waals surface area contributed by atoms with Crippen LogP contribution in [0.1, 0.15) is 98.1 Å². The molecular weight excluding hydrogens is 729 g/mol. The molecule has 4 fully saturated rings. The van der Waals surface area contributed by atoms with Gasteiger partial charge >= 0.3 is 6.09 Å². The monoisotopic (exact) mass is 782 g/mol. The largest absolute Gasteiger partial charge is 0.497 e. The van der Waals surface area contributed by atoms with Crippen LogP contribution in [0.4, 0.5) is 4.79 Å². The number of carbonyl (C=O) groups excluding carboxylic acids is 4. The van der Waals surface area contributed by atoms with Gasteiger partial charge in [-0.25, -0.2) is 23.2 Å². The lowest BCUT2D eigenvalue weighted by Gasteiger charge is -2.36. The Bertz CT molecular complexity index is 1970. The van der Waals surface area contributed by atoms with Crippen LogP contribution in [0.15, 0.2) is 18.2 Å². The van der Waals surface area contributed by atoms with Crippen LogP contribution < -0.4 is 24.8 Å². The molecule has 3 heterocycles. The zero-order chi connectivity index (χ0) is 39.4. The van der Waals surface area contributed by atoms with Gasteiger partial charge in [0.2, 0.25) is 27.7 Å². The highest BCUT2D eigenvalue weighted by atomic mass is 32.2. The van der Waals surface area contributed by atoms with E-state index in [0.717, 1.165) is 32.1 Å². The number of amides is 4. The minimum Gasteiger partial charge on any atom is -0.497 e. The molecule has 5 aliphatic rings. The number of carbonyl (C=O) groups is 4. The molecule has 1 aromatic carbocycles. The number of ether oxygens (including phenoxy) is 3. The van der Waals surface area contributed by atoms with E-state index < -0.39 is 74.1 Å². The molecular formula is C39H54N6O9S. The fourth-order valence-electron chi connectivity index (χ4n) is 8.23. The van der Waals surface area contributed by atoms with Crippen molar-refractivity contribution in [3.05, 3.63) is 23.9 Å². The Morgan fingerprint density at radius 1 is 1.05 bits per heavy atom. The van der Waals surface area contributed by atoms with Crippen LogP contribution in [0.3, 0.4) is 0 Å². The van der Waals surface area contributed by atoms with Crippen molar-refractivity contribution in [2.45, 2.75) is 134 Å². The molecule has 0 spiro atoms. The average molecular weight is 783 g/mol. The first-order valence-corrected chi connectivity index (χ1v) is 21.3. The molecule has 1 aromatic heterocycles. The first kappa shape index (κ1) is 39.0. The number of rotatable bonds is 7. The summed E-state index contributed by atoms with van der Waals surface area (Å²) in [7, 11) is -2.30. The minimum atomic E-state index is -3.88. The van der Waals surface area contributed by atoms with Crippen molar-refractivity contribution in [1.29, 1.82) is 0 Å². The van der Waals surface area contributed by atoms with Crippen LogP contribution in [0, 0.1) is 23.2 Å². The van der Waals surface area contributed by atoms with Gasteiger partial charge in [-0.05, 0) is 74.3 Å². The van der Waals surface area contributed by atoms with E-state index in [9.17, 15) is 27.6 Å². The zero-order valence-corrected chi connectivity index (χ0v) is 33.4. The number of nitrogens with zero attached hydrogens (tertiary/aromatic N) is 3. The molecule has 1 saturated heterocycles. The maximum Gasteiger partial charge on any atom is 0.408 e. The van der Waals surface area contributed by atoms with Crippen molar-refractivity contribution in [2.24, 2.45) is 23.2 Å². The molecule has 2 bridgehead atoms. The van der Waals surface area contributed by atoms with Crippen molar-refractivity contribution in [3.63, 3.8) is 0 Å². The number of alkyl carbamates (subject to hydrolysis) is 1. The van der Waals surface area contributed by atoms with Crippen LogP contribution in [-0.2, 0) is 35.6 Å². The van der Waals surface area contributed by atoms with Gasteiger partial charge in [0.25, 0.3) is 5.91 Å². The third kappa shape index (κ3) is 8.06. The summed E-state index contributed by atoms with van der Waals surface area (Å²) in [5, 5.41) is 5.11. The molecule has 4 amide bonds. The highest BCUT2D eigenvalue weighted by Gasteiger charge is 2.63. The minimum absolute atomic E-state index is 0.0319. The summed E-state index contributed by atoms with van der Waals surface area (Å²) >= 11 is 0. The fraction of sp³-hybridized carbons (Fsp3) is 0.692. The van der Waals surface area contributed by atoms with E-state index in [0.29, 0.717) is 54.0 Å². The average Bonchev–Trinajstić information content (AvgIpc) is 4.04. The van der Waals surface area contributed by atoms with Gasteiger partial charge in [-0.1, -0.05) is 53.9 Å². The number of aromatic nitrogens is 2. The van der Waals surface area contributed by atoms with Gasteiger partial charge in [-0.15, -0.1) is 0 Å². The number of methoxy groups -OCH3 is 1. The van der Waals surface area contributed by atoms with Gasteiger partial charge in [0, 0.05) is 12.0 Å². The van der Waals surface area contributed by atoms with E-state index in [1.165, 1.54) is 4.90 Å². The summed E-state index contributed by atoms with van der Waals surface area (Å²) in [5.41, 5.74) is -0.322. The van der Waals surface area contributed by atoms with E-state index in [2.05, 4.69) is 15.4 Å². The lowest BCUT2D eigenvalue weighted by Crippen LogP contribution is -2.61. The highest BCUT2D eigenvalue weighted by molar-refractivity contribution is 7.91. The lowest BCUT2D eigenvalue weighted by atomic mass is 9.85. The second-order valence-corrected chi connectivity index (χ2v) is 19.2. The molecule has 8 unspecified atom stereocenters. The third-order valence-corrected chi connectivity index (χ3v) is 13.9. The first-order valence-electron chi connectivity index (χ1n) is 19.7. The summed E-state index contributed by atoms with van der Waals surface area (Å²) < 4.78 is 45.7. The van der Waals surface area contributed by atoms with Gasteiger partial charge in [0.1, 0.15) is 41.3 Å². The molecule has 15 nitrogen and oxygen atoms in total. The molecule has 3 N–H and O–H groups in total. The topological polar surface area (TPSA) is 195 Å². The van der Waals surface area contributed by atoms with Gasteiger partial charge in [0.05, 0.1) is 29.9 Å². The van der Waals surface area contributed by atoms with Crippen LogP contribution in [0.25, 0.3) is 11.0 Å². The number of sulfonamides is 1. The fourth-order valence-corrected chi connectivity index (χ4v) is 9.59. The van der Waals surface area contributed by atoms with E-state index in [1.54, 1.807) is 20.1 Å². The molecule has 3 aliphatic carbocycles. The smallest absolute Gasteiger partial charge is 0.408 e. The van der Waals surface area contributed by atoms with E-state index >= 15 is 0 Å². The van der Waals surface area contributed by atoms with Gasteiger partial charge < -0.3 is 29.7 Å². The molecule has 2 aliphatic heterocycles. The normalized spacial score (nSPS) is 31.4. The van der Waals surface area contributed by atoms with Gasteiger partial charge in [-0.3, -0.25) is 19.1 Å². The summed E-state index contributed by atoms with van der Waals surface area (Å²) in [6.07, 6.45) is 5.09. The van der Waals surface area contributed by atoms with Gasteiger partial charge in [0.15, 0.2) is 0 Å². The molecule has 16 heteroatoms. The lowest BCUT2D eigenvalue weighted by molar-refractivity contribution is -0.143. The van der Waals surface area contributed by atoms with Crippen molar-refractivity contribution in [1.82, 2.24) is 30.2 Å². The van der Waals surface area contributed by atoms with E-state index in [4.69, 9.17) is 24.2 Å². The van der Waals surface area contributed by atoms with Crippen molar-refractivity contribution in [3.8, 4) is 11.6 Å². The highest BCUT2D eigenvalue weighted by Crippen LogP contribution is 2.47. The second kappa shape index (κ2) is 14.7. The summed E-state index contributed by atoms with van der Waals surface area (Å²) in [6.45, 7) is 9.12. The standard InChI is InChI=1S/C39H54N6O9S/c1-7-23-19-39(23,36(48)44-55(50,51)25-14-15-25)43-33(46)31-21(2)30-20-45(31)35(47)32(38(3,4)5)42-37(49)54-29-17-22(29)11-9-8-10-12-27-34(53-30)41-28-18-24(52-6)13-16-26(28)40-27/h13,16,18,21-23,25,29-32H,7-12,14-15,17,19-20H2,1-6H3,(H,42,49)(H,43,46)(H,44,48). The van der Waals surface area contributed by atoms with Crippen LogP contribution in [0.5, 0.6) is 11.6 Å². The van der Waals surface area contributed by atoms with Crippen molar-refractivity contribution < 1.29 is 41.8 Å².